The number of aliphatic hydroxyl groups is 1. The second kappa shape index (κ2) is 8.40. The smallest absolute Gasteiger partial charge is 0.115 e. The Morgan fingerprint density at radius 2 is 1.58 bits per heavy atom. The molecule has 2 aromatic rings. The summed E-state index contributed by atoms with van der Waals surface area (Å²) in [5, 5.41) is 10.2. The normalized spacial score (nSPS) is 24.8. The molecule has 0 bridgehead atoms. The van der Waals surface area contributed by atoms with Gasteiger partial charge in [-0.3, -0.25) is 0 Å². The van der Waals surface area contributed by atoms with Gasteiger partial charge in [-0.25, -0.2) is 0 Å². The summed E-state index contributed by atoms with van der Waals surface area (Å²) in [5.41, 5.74) is 2.19. The van der Waals surface area contributed by atoms with Gasteiger partial charge >= 0.3 is 0 Å². The monoisotopic (exact) mass is 328 g/mol. The highest BCUT2D eigenvalue weighted by molar-refractivity contribution is 5.14. The summed E-state index contributed by atoms with van der Waals surface area (Å²) < 4.78 is 17.6. The highest BCUT2D eigenvalue weighted by atomic mass is 16.6. The van der Waals surface area contributed by atoms with Gasteiger partial charge in [-0.1, -0.05) is 60.7 Å². The van der Waals surface area contributed by atoms with Gasteiger partial charge in [0.25, 0.3) is 0 Å². The Bertz CT molecular complexity index is 602. The molecule has 1 heterocycles. The van der Waals surface area contributed by atoms with E-state index < -0.39 is 6.10 Å². The van der Waals surface area contributed by atoms with E-state index in [0.29, 0.717) is 13.2 Å². The van der Waals surface area contributed by atoms with Crippen molar-refractivity contribution in [1.82, 2.24) is 0 Å². The van der Waals surface area contributed by atoms with Gasteiger partial charge in [0, 0.05) is 0 Å². The molecule has 24 heavy (non-hydrogen) atoms. The van der Waals surface area contributed by atoms with Crippen molar-refractivity contribution in [3.63, 3.8) is 0 Å². The number of hydrogen-bond acceptors (Lipinski definition) is 4. The maximum absolute atomic E-state index is 10.2. The van der Waals surface area contributed by atoms with E-state index in [2.05, 4.69) is 0 Å². The van der Waals surface area contributed by atoms with Gasteiger partial charge in [0.1, 0.15) is 18.3 Å². The molecule has 0 unspecified atom stereocenters. The first kappa shape index (κ1) is 17.1. The number of benzene rings is 2. The second-order valence-corrected chi connectivity index (χ2v) is 6.13. The molecule has 0 spiro atoms. The Hall–Kier alpha value is -1.72. The Balaban J connectivity index is 1.54. The van der Waals surface area contributed by atoms with Gasteiger partial charge in [0.2, 0.25) is 0 Å². The SMILES string of the molecule is C[C@H](OCc1ccccc1)[C@H]1OC[C@H](O)[C@H]1OCc1ccccc1. The molecular weight excluding hydrogens is 304 g/mol. The maximum Gasteiger partial charge on any atom is 0.115 e. The fourth-order valence-corrected chi connectivity index (χ4v) is 2.89. The molecular formula is C20H24O4. The van der Waals surface area contributed by atoms with Crippen LogP contribution in [-0.2, 0) is 27.4 Å². The molecule has 0 saturated carbocycles. The summed E-state index contributed by atoms with van der Waals surface area (Å²) in [6, 6.07) is 20.0. The van der Waals surface area contributed by atoms with Crippen LogP contribution in [0.25, 0.3) is 0 Å². The molecule has 128 valence electrons. The Morgan fingerprint density at radius 3 is 2.21 bits per heavy atom. The van der Waals surface area contributed by atoms with Crippen molar-refractivity contribution in [3.05, 3.63) is 71.8 Å². The van der Waals surface area contributed by atoms with Gasteiger partial charge < -0.3 is 19.3 Å². The summed E-state index contributed by atoms with van der Waals surface area (Å²) in [4.78, 5) is 0. The lowest BCUT2D eigenvalue weighted by atomic mass is 10.1. The summed E-state index contributed by atoms with van der Waals surface area (Å²) in [6.07, 6.45) is -1.44. The van der Waals surface area contributed by atoms with Crippen LogP contribution >= 0.6 is 0 Å². The van der Waals surface area contributed by atoms with Gasteiger partial charge in [0.05, 0.1) is 25.9 Å². The highest BCUT2D eigenvalue weighted by Gasteiger charge is 2.40. The predicted molar refractivity (Wildman–Crippen MR) is 91.5 cm³/mol. The molecule has 0 aromatic heterocycles. The van der Waals surface area contributed by atoms with Crippen molar-refractivity contribution in [2.24, 2.45) is 0 Å². The first-order chi connectivity index (χ1) is 11.7. The summed E-state index contributed by atoms with van der Waals surface area (Å²) in [7, 11) is 0. The largest absolute Gasteiger partial charge is 0.388 e. The summed E-state index contributed by atoms with van der Waals surface area (Å²) >= 11 is 0. The molecule has 3 rings (SSSR count). The lowest BCUT2D eigenvalue weighted by Crippen LogP contribution is -2.40. The summed E-state index contributed by atoms with van der Waals surface area (Å²) in [6.45, 7) is 3.21. The van der Waals surface area contributed by atoms with Crippen molar-refractivity contribution >= 4 is 0 Å². The zero-order chi connectivity index (χ0) is 16.8. The topological polar surface area (TPSA) is 47.9 Å². The molecule has 2 aromatic carbocycles. The predicted octanol–water partition coefficient (Wildman–Crippen LogP) is 2.94. The van der Waals surface area contributed by atoms with Crippen LogP contribution in [0.3, 0.4) is 0 Å². The number of ether oxygens (including phenoxy) is 3. The highest BCUT2D eigenvalue weighted by Crippen LogP contribution is 2.24. The van der Waals surface area contributed by atoms with Gasteiger partial charge in [0.15, 0.2) is 0 Å². The first-order valence-corrected chi connectivity index (χ1v) is 8.35. The van der Waals surface area contributed by atoms with E-state index in [1.165, 1.54) is 0 Å². The minimum Gasteiger partial charge on any atom is -0.388 e. The fraction of sp³-hybridized carbons (Fsp3) is 0.400. The van der Waals surface area contributed by atoms with Crippen LogP contribution in [0.1, 0.15) is 18.1 Å². The Labute approximate surface area is 143 Å². The molecule has 1 aliphatic heterocycles. The van der Waals surface area contributed by atoms with Crippen molar-refractivity contribution in [1.29, 1.82) is 0 Å². The average Bonchev–Trinajstić information content (AvgIpc) is 3.00. The van der Waals surface area contributed by atoms with Crippen LogP contribution < -0.4 is 0 Å². The Morgan fingerprint density at radius 1 is 1.00 bits per heavy atom. The second-order valence-electron chi connectivity index (χ2n) is 6.13. The quantitative estimate of drug-likeness (QED) is 0.849. The van der Waals surface area contributed by atoms with E-state index in [0.717, 1.165) is 11.1 Å². The minimum absolute atomic E-state index is 0.164. The molecule has 1 saturated heterocycles. The van der Waals surface area contributed by atoms with E-state index in [9.17, 15) is 5.11 Å². The van der Waals surface area contributed by atoms with Crippen LogP contribution in [0.4, 0.5) is 0 Å². The Kier molecular flexibility index (Phi) is 5.99. The summed E-state index contributed by atoms with van der Waals surface area (Å²) in [5.74, 6) is 0. The number of aliphatic hydroxyl groups excluding tert-OH is 1. The van der Waals surface area contributed by atoms with Crippen molar-refractivity contribution in [3.8, 4) is 0 Å². The van der Waals surface area contributed by atoms with Crippen LogP contribution in [0.2, 0.25) is 0 Å². The molecule has 4 heteroatoms. The molecule has 1 fully saturated rings. The van der Waals surface area contributed by atoms with E-state index in [-0.39, 0.29) is 24.9 Å². The van der Waals surface area contributed by atoms with Gasteiger partial charge in [-0.15, -0.1) is 0 Å². The third kappa shape index (κ3) is 4.42. The maximum atomic E-state index is 10.2. The molecule has 0 amide bonds. The molecule has 4 atom stereocenters. The van der Waals surface area contributed by atoms with Crippen LogP contribution in [0, 0.1) is 0 Å². The molecule has 1 N–H and O–H groups in total. The zero-order valence-corrected chi connectivity index (χ0v) is 13.9. The van der Waals surface area contributed by atoms with Crippen LogP contribution in [0.15, 0.2) is 60.7 Å². The zero-order valence-electron chi connectivity index (χ0n) is 13.9. The average molecular weight is 328 g/mol. The third-order valence-electron chi connectivity index (χ3n) is 4.27. The fourth-order valence-electron chi connectivity index (χ4n) is 2.89. The molecule has 4 nitrogen and oxygen atoms in total. The van der Waals surface area contributed by atoms with Crippen LogP contribution in [0.5, 0.6) is 0 Å². The van der Waals surface area contributed by atoms with Crippen molar-refractivity contribution < 1.29 is 19.3 Å². The number of hydrogen-bond donors (Lipinski definition) is 1. The molecule has 1 aliphatic rings. The van der Waals surface area contributed by atoms with Crippen molar-refractivity contribution in [2.45, 2.75) is 44.6 Å². The third-order valence-corrected chi connectivity index (χ3v) is 4.27. The van der Waals surface area contributed by atoms with Gasteiger partial charge in [-0.2, -0.15) is 0 Å². The van der Waals surface area contributed by atoms with E-state index in [4.69, 9.17) is 14.2 Å². The minimum atomic E-state index is -0.624. The van der Waals surface area contributed by atoms with E-state index >= 15 is 0 Å². The lowest BCUT2D eigenvalue weighted by Gasteiger charge is -2.26. The van der Waals surface area contributed by atoms with Crippen LogP contribution in [-0.4, -0.2) is 36.1 Å². The van der Waals surface area contributed by atoms with E-state index in [1.807, 2.05) is 67.6 Å². The lowest BCUT2D eigenvalue weighted by molar-refractivity contribution is -0.106. The first-order valence-electron chi connectivity index (χ1n) is 8.35. The molecule has 0 aliphatic carbocycles. The van der Waals surface area contributed by atoms with E-state index in [1.54, 1.807) is 0 Å². The molecule has 0 radical (unpaired) electrons. The van der Waals surface area contributed by atoms with Gasteiger partial charge in [-0.05, 0) is 18.1 Å². The van der Waals surface area contributed by atoms with Crippen molar-refractivity contribution in [2.75, 3.05) is 6.61 Å². The standard InChI is InChI=1S/C20H24O4/c1-15(22-12-16-8-4-2-5-9-16)19-20(18(21)14-24-19)23-13-17-10-6-3-7-11-17/h2-11,15,18-21H,12-14H2,1H3/t15-,18-,19+,20+/m0/s1. The number of rotatable bonds is 7.